The Hall–Kier alpha value is -7.20. The summed E-state index contributed by atoms with van der Waals surface area (Å²) in [4.78, 5) is 11.7. The molecule has 10 aromatic rings. The van der Waals surface area contributed by atoms with Crippen molar-refractivity contribution in [1.82, 2.24) is 9.97 Å². The standard InChI is InChI=1S/C55H34N2S/c1-3-13-35(14-4-1)36-25-29-40(30-26-36)54-56-49(38-15-5-2-6-16-38)34-50(57-54)39-27-23-37(24-28-39)41-31-32-43-42-17-7-10-20-46(42)55(48(43)33-41)47-21-11-8-18-44(47)52-45-19-9-12-22-51(45)58-53(52)55/h1-34H. The number of hydrogen-bond acceptors (Lipinski definition) is 3. The van der Waals surface area contributed by atoms with Crippen molar-refractivity contribution in [3.8, 4) is 78.4 Å². The van der Waals surface area contributed by atoms with Gasteiger partial charge in [0.1, 0.15) is 0 Å². The Morgan fingerprint density at radius 2 is 0.828 bits per heavy atom. The van der Waals surface area contributed by atoms with Crippen LogP contribution in [0, 0.1) is 0 Å². The Balaban J connectivity index is 0.968. The van der Waals surface area contributed by atoms with Crippen molar-refractivity contribution >= 4 is 21.4 Å². The van der Waals surface area contributed by atoms with Crippen LogP contribution in [0.15, 0.2) is 206 Å². The topological polar surface area (TPSA) is 25.8 Å². The van der Waals surface area contributed by atoms with E-state index in [1.807, 2.05) is 23.5 Å². The molecule has 0 fully saturated rings. The van der Waals surface area contributed by atoms with Gasteiger partial charge in [0.2, 0.25) is 0 Å². The van der Waals surface area contributed by atoms with Crippen molar-refractivity contribution in [1.29, 1.82) is 0 Å². The zero-order valence-electron chi connectivity index (χ0n) is 31.4. The number of hydrogen-bond donors (Lipinski definition) is 0. The molecule has 2 aliphatic carbocycles. The predicted molar refractivity (Wildman–Crippen MR) is 241 cm³/mol. The Bertz CT molecular complexity index is 3200. The smallest absolute Gasteiger partial charge is 0.160 e. The van der Waals surface area contributed by atoms with Crippen LogP contribution < -0.4 is 0 Å². The lowest BCUT2D eigenvalue weighted by atomic mass is 9.73. The first-order chi connectivity index (χ1) is 28.7. The van der Waals surface area contributed by atoms with E-state index in [4.69, 9.17) is 9.97 Å². The van der Waals surface area contributed by atoms with Gasteiger partial charge in [0.15, 0.2) is 5.82 Å². The molecule has 1 unspecified atom stereocenters. The lowest BCUT2D eigenvalue weighted by Crippen LogP contribution is -2.24. The summed E-state index contributed by atoms with van der Waals surface area (Å²) in [5.74, 6) is 0.709. The van der Waals surface area contributed by atoms with Crippen LogP contribution in [0.25, 0.3) is 88.5 Å². The Labute approximate surface area is 341 Å². The third-order valence-corrected chi connectivity index (χ3v) is 13.4. The molecule has 1 spiro atoms. The maximum absolute atomic E-state index is 5.17. The summed E-state index contributed by atoms with van der Waals surface area (Å²) in [7, 11) is 0. The van der Waals surface area contributed by atoms with Gasteiger partial charge < -0.3 is 0 Å². The highest BCUT2D eigenvalue weighted by Gasteiger charge is 2.53. The first-order valence-electron chi connectivity index (χ1n) is 19.8. The van der Waals surface area contributed by atoms with Gasteiger partial charge in [-0.1, -0.05) is 188 Å². The average molecular weight is 755 g/mol. The molecule has 3 heteroatoms. The van der Waals surface area contributed by atoms with Gasteiger partial charge in [0, 0.05) is 37.2 Å². The fourth-order valence-electron chi connectivity index (χ4n) is 9.48. The van der Waals surface area contributed by atoms with Gasteiger partial charge in [0.05, 0.1) is 16.8 Å². The molecule has 58 heavy (non-hydrogen) atoms. The minimum atomic E-state index is -0.373. The van der Waals surface area contributed by atoms with Crippen LogP contribution in [-0.2, 0) is 5.41 Å². The fraction of sp³-hybridized carbons (Fsp3) is 0.0182. The average Bonchev–Trinajstić information content (AvgIpc) is 3.93. The van der Waals surface area contributed by atoms with Crippen LogP contribution in [0.5, 0.6) is 0 Å². The van der Waals surface area contributed by atoms with Crippen LogP contribution in [0.4, 0.5) is 0 Å². The molecule has 0 saturated heterocycles. The Morgan fingerprint density at radius 1 is 0.345 bits per heavy atom. The molecular weight excluding hydrogens is 721 g/mol. The van der Waals surface area contributed by atoms with Gasteiger partial charge in [-0.3, -0.25) is 0 Å². The van der Waals surface area contributed by atoms with E-state index in [2.05, 4.69) is 194 Å². The first kappa shape index (κ1) is 33.0. The minimum Gasteiger partial charge on any atom is -0.228 e. The number of benzene rings is 8. The Kier molecular flexibility index (Phi) is 7.35. The van der Waals surface area contributed by atoms with Crippen LogP contribution in [0.3, 0.4) is 0 Å². The van der Waals surface area contributed by atoms with Crippen molar-refractivity contribution in [2.45, 2.75) is 5.41 Å². The minimum absolute atomic E-state index is 0.373. The molecule has 8 aromatic carbocycles. The van der Waals surface area contributed by atoms with E-state index in [1.165, 1.54) is 76.2 Å². The van der Waals surface area contributed by atoms with Crippen molar-refractivity contribution in [2.24, 2.45) is 0 Å². The second-order valence-electron chi connectivity index (χ2n) is 15.3. The fourth-order valence-corrected chi connectivity index (χ4v) is 10.9. The van der Waals surface area contributed by atoms with Crippen LogP contribution in [-0.4, -0.2) is 9.97 Å². The molecule has 0 amide bonds. The van der Waals surface area contributed by atoms with E-state index in [-0.39, 0.29) is 5.41 Å². The molecule has 2 heterocycles. The molecule has 0 bridgehead atoms. The molecule has 0 N–H and O–H groups in total. The van der Waals surface area contributed by atoms with Gasteiger partial charge >= 0.3 is 0 Å². The van der Waals surface area contributed by atoms with Gasteiger partial charge in [0.25, 0.3) is 0 Å². The largest absolute Gasteiger partial charge is 0.228 e. The van der Waals surface area contributed by atoms with Crippen LogP contribution >= 0.6 is 11.3 Å². The molecule has 2 nitrogen and oxygen atoms in total. The van der Waals surface area contributed by atoms with E-state index in [1.54, 1.807) is 0 Å². The van der Waals surface area contributed by atoms with E-state index in [9.17, 15) is 0 Å². The zero-order chi connectivity index (χ0) is 38.2. The van der Waals surface area contributed by atoms with Crippen molar-refractivity contribution in [2.75, 3.05) is 0 Å². The molecular formula is C55H34N2S. The summed E-state index contributed by atoms with van der Waals surface area (Å²) in [6.07, 6.45) is 0. The molecule has 2 aliphatic rings. The molecule has 1 atom stereocenters. The lowest BCUT2D eigenvalue weighted by molar-refractivity contribution is 0.812. The van der Waals surface area contributed by atoms with E-state index >= 15 is 0 Å². The summed E-state index contributed by atoms with van der Waals surface area (Å²) in [6.45, 7) is 0. The summed E-state index contributed by atoms with van der Waals surface area (Å²) < 4.78 is 1.34. The molecule has 2 aromatic heterocycles. The van der Waals surface area contributed by atoms with Crippen molar-refractivity contribution < 1.29 is 0 Å². The molecule has 0 saturated carbocycles. The highest BCUT2D eigenvalue weighted by atomic mass is 32.1. The van der Waals surface area contributed by atoms with Crippen molar-refractivity contribution in [3.63, 3.8) is 0 Å². The second-order valence-corrected chi connectivity index (χ2v) is 16.3. The summed E-state index contributed by atoms with van der Waals surface area (Å²) in [5, 5.41) is 1.34. The number of rotatable bonds is 5. The summed E-state index contributed by atoms with van der Waals surface area (Å²) in [6, 6.07) is 74.6. The number of thiophene rings is 1. The third-order valence-electron chi connectivity index (χ3n) is 12.1. The number of fused-ring (bicyclic) bond motifs is 12. The first-order valence-corrected chi connectivity index (χ1v) is 20.6. The highest BCUT2D eigenvalue weighted by molar-refractivity contribution is 7.20. The van der Waals surface area contributed by atoms with Crippen LogP contribution in [0.1, 0.15) is 21.6 Å². The van der Waals surface area contributed by atoms with Gasteiger partial charge in [-0.05, 0) is 73.8 Å². The highest BCUT2D eigenvalue weighted by Crippen LogP contribution is 2.66. The summed E-state index contributed by atoms with van der Waals surface area (Å²) in [5.41, 5.74) is 18.7. The van der Waals surface area contributed by atoms with Crippen molar-refractivity contribution in [3.05, 3.63) is 228 Å². The lowest BCUT2D eigenvalue weighted by Gasteiger charge is -2.29. The van der Waals surface area contributed by atoms with E-state index in [0.29, 0.717) is 5.82 Å². The maximum atomic E-state index is 5.17. The quantitative estimate of drug-likeness (QED) is 0.175. The Morgan fingerprint density at radius 3 is 1.55 bits per heavy atom. The molecule has 0 aliphatic heterocycles. The molecule has 0 radical (unpaired) electrons. The third kappa shape index (κ3) is 4.90. The van der Waals surface area contributed by atoms with E-state index < -0.39 is 0 Å². The normalized spacial score (nSPS) is 14.6. The van der Waals surface area contributed by atoms with Gasteiger partial charge in [-0.2, -0.15) is 0 Å². The summed E-state index contributed by atoms with van der Waals surface area (Å²) >= 11 is 1.95. The monoisotopic (exact) mass is 754 g/mol. The maximum Gasteiger partial charge on any atom is 0.160 e. The van der Waals surface area contributed by atoms with Crippen LogP contribution in [0.2, 0.25) is 0 Å². The predicted octanol–water partition coefficient (Wildman–Crippen LogP) is 14.4. The zero-order valence-corrected chi connectivity index (χ0v) is 32.2. The van der Waals surface area contributed by atoms with Gasteiger partial charge in [-0.25, -0.2) is 9.97 Å². The molecule has 12 rings (SSSR count). The second kappa shape index (κ2) is 12.9. The SMILES string of the molecule is c1ccc(-c2ccc(-c3nc(-c4ccccc4)cc(-c4ccc(-c5ccc6c(c5)C5(c7ccccc7-6)c6ccccc6-c6c5sc5ccccc65)cc4)n3)cc2)cc1. The number of nitrogens with zero attached hydrogens (tertiary/aromatic N) is 2. The number of aromatic nitrogens is 2. The van der Waals surface area contributed by atoms with Gasteiger partial charge in [-0.15, -0.1) is 11.3 Å². The molecule has 270 valence electrons. The van der Waals surface area contributed by atoms with E-state index in [0.717, 1.165) is 28.1 Å².